The third kappa shape index (κ3) is 4.69. The Labute approximate surface area is 137 Å². The molecular formula is C8H9N2O2S7-. The molecule has 0 saturated heterocycles. The molecule has 1 rings (SSSR count). The van der Waals surface area contributed by atoms with Gasteiger partial charge in [0.15, 0.2) is 0 Å². The van der Waals surface area contributed by atoms with Crippen molar-refractivity contribution in [1.82, 2.24) is 4.98 Å². The van der Waals surface area contributed by atoms with Crippen LogP contribution in [-0.4, -0.2) is 18.2 Å². The van der Waals surface area contributed by atoms with Gasteiger partial charge in [-0.1, -0.05) is 22.1 Å². The van der Waals surface area contributed by atoms with Crippen molar-refractivity contribution in [2.75, 3.05) is 12.4 Å². The summed E-state index contributed by atoms with van der Waals surface area (Å²) in [5.74, 6) is 0.291. The number of nitrogens with zero attached hydrogens (tertiary/aromatic N) is 1. The molecule has 1 amide bonds. The Kier molecular flexibility index (Phi) is 6.29. The van der Waals surface area contributed by atoms with Gasteiger partial charge in [0, 0.05) is 6.18 Å². The summed E-state index contributed by atoms with van der Waals surface area (Å²) in [6.07, 6.45) is -2.86. The van der Waals surface area contributed by atoms with Crippen LogP contribution in [0.2, 0.25) is 0 Å². The summed E-state index contributed by atoms with van der Waals surface area (Å²) in [4.78, 5) is 16.1. The SMILES string of the molecule is COC(=O)Nc1cc(C)c([S-](=S)=S)c(S(=S)(=S)S)n1. The van der Waals surface area contributed by atoms with Crippen LogP contribution in [0.25, 0.3) is 0 Å². The Hall–Kier alpha value is 0.350. The number of amides is 1. The van der Waals surface area contributed by atoms with Crippen LogP contribution in [0.15, 0.2) is 16.0 Å². The van der Waals surface area contributed by atoms with E-state index in [1.165, 1.54) is 7.11 Å². The average molecular weight is 390 g/mol. The first-order valence-corrected chi connectivity index (χ1v) is 12.2. The highest BCUT2D eigenvalue weighted by atomic mass is 33.5. The number of ether oxygens (including phenoxy) is 1. The van der Waals surface area contributed by atoms with E-state index < -0.39 is 20.3 Å². The molecule has 0 bridgehead atoms. The molecular weight excluding hydrogens is 381 g/mol. The number of carbonyl (C=O) groups is 1. The monoisotopic (exact) mass is 389 g/mol. The van der Waals surface area contributed by atoms with E-state index in [1.807, 2.05) is 6.92 Å². The highest BCUT2D eigenvalue weighted by Gasteiger charge is 2.11. The van der Waals surface area contributed by atoms with Crippen LogP contribution >= 0.6 is 11.7 Å². The number of thiol groups is 1. The molecule has 0 aliphatic rings. The summed E-state index contributed by atoms with van der Waals surface area (Å²) < 4.78 is 4.50. The van der Waals surface area contributed by atoms with Gasteiger partial charge in [0.05, 0.1) is 12.1 Å². The number of nitrogens with one attached hydrogen (secondary N) is 1. The zero-order chi connectivity index (χ0) is 14.8. The predicted molar refractivity (Wildman–Crippen MR) is 94.7 cm³/mol. The molecule has 11 heteroatoms. The van der Waals surface area contributed by atoms with Gasteiger partial charge >= 0.3 is 6.09 Å². The van der Waals surface area contributed by atoms with Gasteiger partial charge in [-0.05, 0) is 35.4 Å². The van der Waals surface area contributed by atoms with Gasteiger partial charge in [0.1, 0.15) is 5.82 Å². The highest BCUT2D eigenvalue weighted by Crippen LogP contribution is 2.26. The molecule has 1 heterocycles. The van der Waals surface area contributed by atoms with Gasteiger partial charge in [0.2, 0.25) is 0 Å². The summed E-state index contributed by atoms with van der Waals surface area (Å²) in [5.41, 5.74) is 0.783. The van der Waals surface area contributed by atoms with E-state index in [0.717, 1.165) is 5.56 Å². The zero-order valence-corrected chi connectivity index (χ0v) is 15.5. The number of methoxy groups -OCH3 is 1. The molecule has 0 aromatic carbocycles. The van der Waals surface area contributed by atoms with E-state index in [-0.39, 0.29) is 0 Å². The molecule has 0 aliphatic heterocycles. The molecule has 106 valence electrons. The fraction of sp³-hybridized carbons (Fsp3) is 0.250. The summed E-state index contributed by atoms with van der Waals surface area (Å²) >= 11 is 24.9. The van der Waals surface area contributed by atoms with Gasteiger partial charge < -0.3 is 12.8 Å². The van der Waals surface area contributed by atoms with Crippen molar-refractivity contribution in [2.24, 2.45) is 0 Å². The Morgan fingerprint density at radius 3 is 2.53 bits per heavy atom. The lowest BCUT2D eigenvalue weighted by Crippen LogP contribution is -2.14. The number of carbonyl (C=O) groups excluding carboxylic acids is 1. The van der Waals surface area contributed by atoms with Gasteiger partial charge in [-0.2, -0.15) is 0 Å². The molecule has 0 radical (unpaired) electrons. The molecule has 19 heavy (non-hydrogen) atoms. The van der Waals surface area contributed by atoms with E-state index >= 15 is 0 Å². The average Bonchev–Trinajstić information content (AvgIpc) is 2.26. The first-order chi connectivity index (χ1) is 8.66. The Morgan fingerprint density at radius 1 is 1.53 bits per heavy atom. The predicted octanol–water partition coefficient (Wildman–Crippen LogP) is 1.75. The molecule has 0 unspecified atom stereocenters. The molecule has 4 nitrogen and oxygen atoms in total. The number of rotatable bonds is 3. The van der Waals surface area contributed by atoms with Crippen molar-refractivity contribution in [3.8, 4) is 0 Å². The molecule has 1 aromatic heterocycles. The third-order valence-corrected chi connectivity index (χ3v) is 6.18. The Morgan fingerprint density at radius 2 is 2.11 bits per heavy atom. The van der Waals surface area contributed by atoms with Gasteiger partial charge in [-0.3, -0.25) is 27.7 Å². The van der Waals surface area contributed by atoms with Crippen molar-refractivity contribution in [3.05, 3.63) is 11.6 Å². The minimum absolute atomic E-state index is 0.291. The van der Waals surface area contributed by atoms with Crippen molar-refractivity contribution >= 4 is 82.5 Å². The maximum atomic E-state index is 11.2. The van der Waals surface area contributed by atoms with Crippen LogP contribution in [0.1, 0.15) is 5.56 Å². The summed E-state index contributed by atoms with van der Waals surface area (Å²) in [6, 6.07) is 1.65. The van der Waals surface area contributed by atoms with Crippen LogP contribution in [0.3, 0.4) is 0 Å². The number of hydrogen-bond donors (Lipinski definition) is 2. The largest absolute Gasteiger partial charge is 0.453 e. The second-order valence-corrected chi connectivity index (χ2v) is 14.9. The van der Waals surface area contributed by atoms with Gasteiger partial charge in [0.25, 0.3) is 0 Å². The molecule has 0 atom stereocenters. The molecule has 1 aromatic rings. The maximum Gasteiger partial charge on any atom is 0.412 e. The van der Waals surface area contributed by atoms with Crippen molar-refractivity contribution in [3.63, 3.8) is 0 Å². The van der Waals surface area contributed by atoms with Crippen LogP contribution in [0.4, 0.5) is 10.6 Å². The maximum absolute atomic E-state index is 11.2. The standard InChI is InChI=1S/C8H9N2O2S7/c1-4-3-5(10-8(11)12-2)9-7(19(15,16)17)6(4)18(13)14/h3H,1-2H3,(H,9,10,11)(H,15,16,17)/q-1. The Bertz CT molecular complexity index is 685. The molecule has 0 saturated carbocycles. The Balaban J connectivity index is 3.53. The normalized spacial score (nSPS) is 11.4. The molecule has 1 N–H and O–H groups in total. The third-order valence-electron chi connectivity index (χ3n) is 1.95. The van der Waals surface area contributed by atoms with E-state index in [4.69, 9.17) is 44.8 Å². The summed E-state index contributed by atoms with van der Waals surface area (Å²) in [6.45, 7) is 1.81. The van der Waals surface area contributed by atoms with Gasteiger partial charge in [-0.15, -0.1) is 0 Å². The molecule has 0 aliphatic carbocycles. The first kappa shape index (κ1) is 17.4. The number of hydrogen-bond acceptors (Lipinski definition) is 8. The van der Waals surface area contributed by atoms with Crippen LogP contribution < -0.4 is 5.32 Å². The zero-order valence-electron chi connectivity index (χ0n) is 9.74. The fourth-order valence-corrected chi connectivity index (χ4v) is 6.17. The smallest absolute Gasteiger partial charge is 0.412 e. The van der Waals surface area contributed by atoms with E-state index in [2.05, 4.69) is 26.7 Å². The van der Waals surface area contributed by atoms with Crippen molar-refractivity contribution in [1.29, 1.82) is 0 Å². The van der Waals surface area contributed by atoms with Crippen LogP contribution in [0, 0.1) is 6.92 Å². The second-order valence-electron chi connectivity index (χ2n) is 3.29. The number of aryl methyl sites for hydroxylation is 1. The number of anilines is 1. The lowest BCUT2D eigenvalue weighted by atomic mass is 10.3. The highest BCUT2D eigenvalue weighted by molar-refractivity contribution is 8.92. The minimum Gasteiger partial charge on any atom is -0.453 e. The van der Waals surface area contributed by atoms with E-state index in [9.17, 15) is 4.79 Å². The summed E-state index contributed by atoms with van der Waals surface area (Å²) in [5, 5.41) is 2.86. The van der Waals surface area contributed by atoms with Crippen molar-refractivity contribution < 1.29 is 9.53 Å². The van der Waals surface area contributed by atoms with E-state index in [1.54, 1.807) is 6.07 Å². The second kappa shape index (κ2) is 6.87. The topological polar surface area (TPSA) is 51.2 Å². The molecule has 0 spiro atoms. The van der Waals surface area contributed by atoms with Crippen molar-refractivity contribution in [2.45, 2.75) is 16.8 Å². The lowest BCUT2D eigenvalue weighted by molar-refractivity contribution is 0.187. The lowest BCUT2D eigenvalue weighted by Gasteiger charge is -2.18. The first-order valence-electron chi connectivity index (χ1n) is 4.60. The van der Waals surface area contributed by atoms with E-state index in [0.29, 0.717) is 15.7 Å². The minimum atomic E-state index is -2.23. The number of pyridine rings is 1. The fourth-order valence-electron chi connectivity index (χ4n) is 1.23. The quantitative estimate of drug-likeness (QED) is 0.464. The van der Waals surface area contributed by atoms with Gasteiger partial charge in [-0.25, -0.2) is 9.78 Å². The summed E-state index contributed by atoms with van der Waals surface area (Å²) in [7, 11) is 0.387. The molecule has 0 fully saturated rings. The number of aromatic nitrogens is 1. The van der Waals surface area contributed by atoms with Crippen LogP contribution in [-0.2, 0) is 63.7 Å². The van der Waals surface area contributed by atoms with Crippen LogP contribution in [0.5, 0.6) is 0 Å².